The zero-order valence-electron chi connectivity index (χ0n) is 14.6. The molecule has 0 fully saturated rings. The zero-order chi connectivity index (χ0) is 18.0. The summed E-state index contributed by atoms with van der Waals surface area (Å²) in [5.41, 5.74) is 0. The van der Waals surface area contributed by atoms with Crippen LogP contribution in [0.1, 0.15) is 12.8 Å². The van der Waals surface area contributed by atoms with Gasteiger partial charge in [-0.05, 0) is 7.05 Å². The van der Waals surface area contributed by atoms with E-state index >= 15 is 0 Å². The Morgan fingerprint density at radius 1 is 1.04 bits per heavy atom. The Hall–Kier alpha value is -1.48. The molecule has 0 aromatic rings. The summed E-state index contributed by atoms with van der Waals surface area (Å²) in [6, 6.07) is 0. The van der Waals surface area contributed by atoms with E-state index in [2.05, 4.69) is 17.2 Å². The molecule has 8 nitrogen and oxygen atoms in total. The van der Waals surface area contributed by atoms with Crippen LogP contribution in [0.5, 0.6) is 0 Å². The molecule has 0 aliphatic carbocycles. The zero-order valence-corrected chi connectivity index (χ0v) is 14.6. The van der Waals surface area contributed by atoms with Crippen LogP contribution in [0, 0.1) is 0 Å². The van der Waals surface area contributed by atoms with Gasteiger partial charge in [-0.15, -0.1) is 6.58 Å². The number of aliphatic hydroxyl groups is 1. The molecular weight excluding hydrogens is 314 g/mol. The van der Waals surface area contributed by atoms with Gasteiger partial charge >= 0.3 is 0 Å². The van der Waals surface area contributed by atoms with E-state index in [1.54, 1.807) is 6.08 Å². The fraction of sp³-hybridized carbons (Fsp3) is 0.750. The van der Waals surface area contributed by atoms with Gasteiger partial charge in [-0.3, -0.25) is 9.59 Å². The van der Waals surface area contributed by atoms with Crippen molar-refractivity contribution in [3.8, 4) is 0 Å². The summed E-state index contributed by atoms with van der Waals surface area (Å²) in [6.07, 6.45) is 2.40. The van der Waals surface area contributed by atoms with E-state index in [0.29, 0.717) is 58.9 Å². The van der Waals surface area contributed by atoms with Gasteiger partial charge in [-0.25, -0.2) is 0 Å². The van der Waals surface area contributed by atoms with Crippen molar-refractivity contribution in [1.82, 2.24) is 15.5 Å². The molecule has 0 atom stereocenters. The molecule has 0 aromatic heterocycles. The first-order chi connectivity index (χ1) is 11.6. The molecule has 0 spiro atoms. The van der Waals surface area contributed by atoms with Gasteiger partial charge in [0.05, 0.1) is 33.0 Å². The van der Waals surface area contributed by atoms with Crippen LogP contribution in [-0.4, -0.2) is 88.1 Å². The number of hydrogen-bond acceptors (Lipinski definition) is 6. The molecule has 3 N–H and O–H groups in total. The van der Waals surface area contributed by atoms with E-state index < -0.39 is 0 Å². The predicted molar refractivity (Wildman–Crippen MR) is 91.7 cm³/mol. The van der Waals surface area contributed by atoms with Gasteiger partial charge in [0.2, 0.25) is 11.8 Å². The van der Waals surface area contributed by atoms with E-state index in [1.165, 1.54) is 0 Å². The molecule has 0 heterocycles. The molecule has 0 radical (unpaired) electrons. The van der Waals surface area contributed by atoms with Crippen molar-refractivity contribution in [2.45, 2.75) is 12.8 Å². The maximum atomic E-state index is 11.7. The number of nitrogens with one attached hydrogen (secondary N) is 2. The van der Waals surface area contributed by atoms with Crippen LogP contribution >= 0.6 is 0 Å². The van der Waals surface area contributed by atoms with Gasteiger partial charge in [-0.2, -0.15) is 0 Å². The second kappa shape index (κ2) is 16.4. The highest BCUT2D eigenvalue weighted by Gasteiger charge is 2.06. The van der Waals surface area contributed by atoms with Crippen molar-refractivity contribution < 1.29 is 24.2 Å². The van der Waals surface area contributed by atoms with Crippen LogP contribution in [0.15, 0.2) is 12.7 Å². The fourth-order valence-corrected chi connectivity index (χ4v) is 1.72. The third-order valence-corrected chi connectivity index (χ3v) is 3.05. The van der Waals surface area contributed by atoms with Crippen LogP contribution in [0.4, 0.5) is 0 Å². The molecule has 0 saturated heterocycles. The first-order valence-electron chi connectivity index (χ1n) is 8.19. The van der Waals surface area contributed by atoms with Gasteiger partial charge in [0, 0.05) is 39.0 Å². The van der Waals surface area contributed by atoms with Gasteiger partial charge in [0.1, 0.15) is 0 Å². The van der Waals surface area contributed by atoms with Crippen molar-refractivity contribution in [2.75, 3.05) is 66.3 Å². The summed E-state index contributed by atoms with van der Waals surface area (Å²) in [5, 5.41) is 14.0. The fourth-order valence-electron chi connectivity index (χ4n) is 1.72. The molecule has 0 bridgehead atoms. The lowest BCUT2D eigenvalue weighted by molar-refractivity contribution is -0.121. The quantitative estimate of drug-likeness (QED) is 0.249. The lowest BCUT2D eigenvalue weighted by atomic mass is 10.3. The Kier molecular flexibility index (Phi) is 15.4. The van der Waals surface area contributed by atoms with Crippen LogP contribution in [-0.2, 0) is 19.1 Å². The molecule has 140 valence electrons. The Morgan fingerprint density at radius 2 is 1.62 bits per heavy atom. The Labute approximate surface area is 144 Å². The van der Waals surface area contributed by atoms with Crippen LogP contribution in [0.2, 0.25) is 0 Å². The molecule has 8 heteroatoms. The minimum atomic E-state index is -0.102. The van der Waals surface area contributed by atoms with Crippen molar-refractivity contribution in [3.63, 3.8) is 0 Å². The maximum absolute atomic E-state index is 11.7. The second-order valence-corrected chi connectivity index (χ2v) is 5.20. The molecule has 0 unspecified atom stereocenters. The van der Waals surface area contributed by atoms with Crippen molar-refractivity contribution >= 4 is 11.8 Å². The van der Waals surface area contributed by atoms with Crippen molar-refractivity contribution in [3.05, 3.63) is 12.7 Å². The molecule has 0 rings (SSSR count). The number of nitrogens with zero attached hydrogens (tertiary/aromatic N) is 1. The Bertz CT molecular complexity index is 353. The summed E-state index contributed by atoms with van der Waals surface area (Å²) in [6.45, 7) is 7.33. The number of amides is 2. The molecule has 0 aromatic carbocycles. The average molecular weight is 345 g/mol. The number of carbonyl (C=O) groups excluding carboxylic acids is 2. The third kappa shape index (κ3) is 15.4. The highest BCUT2D eigenvalue weighted by atomic mass is 16.5. The van der Waals surface area contributed by atoms with Gasteiger partial charge in [-0.1, -0.05) is 6.08 Å². The van der Waals surface area contributed by atoms with Crippen molar-refractivity contribution in [2.24, 2.45) is 0 Å². The Morgan fingerprint density at radius 3 is 2.21 bits per heavy atom. The van der Waals surface area contributed by atoms with Gasteiger partial charge in [0.15, 0.2) is 0 Å². The smallest absolute Gasteiger partial charge is 0.221 e. The van der Waals surface area contributed by atoms with E-state index in [1.807, 2.05) is 11.9 Å². The summed E-state index contributed by atoms with van der Waals surface area (Å²) >= 11 is 0. The summed E-state index contributed by atoms with van der Waals surface area (Å²) in [7, 11) is 1.86. The van der Waals surface area contributed by atoms with Gasteiger partial charge in [0.25, 0.3) is 0 Å². The van der Waals surface area contributed by atoms with Crippen LogP contribution < -0.4 is 10.6 Å². The maximum Gasteiger partial charge on any atom is 0.221 e. The summed E-state index contributed by atoms with van der Waals surface area (Å²) in [4.78, 5) is 25.0. The standard InChI is InChI=1S/C16H31N3O5/c1-3-11-23-13-14-24-12-7-18-16(22)5-9-19(2)8-4-15(21)17-6-10-20/h3,20H,1,4-14H2,2H3,(H,17,21)(H,18,22). The monoisotopic (exact) mass is 345 g/mol. The Balaban J connectivity index is 3.47. The lowest BCUT2D eigenvalue weighted by Crippen LogP contribution is -2.33. The number of ether oxygens (including phenoxy) is 2. The minimum Gasteiger partial charge on any atom is -0.395 e. The normalized spacial score (nSPS) is 10.6. The first-order valence-corrected chi connectivity index (χ1v) is 8.19. The van der Waals surface area contributed by atoms with Crippen LogP contribution in [0.3, 0.4) is 0 Å². The average Bonchev–Trinajstić information content (AvgIpc) is 2.58. The molecule has 2 amide bonds. The lowest BCUT2D eigenvalue weighted by Gasteiger charge is -2.16. The van der Waals surface area contributed by atoms with E-state index in [0.717, 1.165) is 0 Å². The van der Waals surface area contributed by atoms with E-state index in [9.17, 15) is 9.59 Å². The molecule has 0 aliphatic heterocycles. The first kappa shape index (κ1) is 22.5. The summed E-state index contributed by atoms with van der Waals surface area (Å²) in [5.74, 6) is -0.146. The number of rotatable bonds is 16. The SMILES string of the molecule is C=CCOCCOCCNC(=O)CCN(C)CCC(=O)NCCO. The van der Waals surface area contributed by atoms with Crippen LogP contribution in [0.25, 0.3) is 0 Å². The number of hydrogen-bond donors (Lipinski definition) is 3. The molecule has 0 aliphatic rings. The predicted octanol–water partition coefficient (Wildman–Crippen LogP) is -0.858. The molecule has 0 saturated carbocycles. The highest BCUT2D eigenvalue weighted by molar-refractivity contribution is 5.76. The third-order valence-electron chi connectivity index (χ3n) is 3.05. The highest BCUT2D eigenvalue weighted by Crippen LogP contribution is 1.91. The summed E-state index contributed by atoms with van der Waals surface area (Å²) < 4.78 is 10.5. The second-order valence-electron chi connectivity index (χ2n) is 5.20. The van der Waals surface area contributed by atoms with E-state index in [-0.39, 0.29) is 25.0 Å². The number of carbonyl (C=O) groups is 2. The molecule has 24 heavy (non-hydrogen) atoms. The topological polar surface area (TPSA) is 100 Å². The number of aliphatic hydroxyl groups excluding tert-OH is 1. The minimum absolute atomic E-state index is 0.0434. The molecular formula is C16H31N3O5. The van der Waals surface area contributed by atoms with Crippen molar-refractivity contribution in [1.29, 1.82) is 0 Å². The van der Waals surface area contributed by atoms with E-state index in [4.69, 9.17) is 14.6 Å². The largest absolute Gasteiger partial charge is 0.395 e. The van der Waals surface area contributed by atoms with Gasteiger partial charge < -0.3 is 30.1 Å².